The van der Waals surface area contributed by atoms with Crippen LogP contribution in [0.1, 0.15) is 12.6 Å². The number of alkyl halides is 2. The van der Waals surface area contributed by atoms with Crippen molar-refractivity contribution >= 4 is 31.9 Å². The van der Waals surface area contributed by atoms with Gasteiger partial charge in [-0.25, -0.2) is 0 Å². The number of hydrogen-bond acceptors (Lipinski definition) is 2. The molecule has 0 amide bonds. The van der Waals surface area contributed by atoms with Gasteiger partial charge in [0.05, 0.1) is 0 Å². The summed E-state index contributed by atoms with van der Waals surface area (Å²) in [6.07, 6.45) is 4.16. The van der Waals surface area contributed by atoms with Crippen molar-refractivity contribution < 1.29 is 4.57 Å². The highest BCUT2D eigenvalue weighted by Crippen LogP contribution is 2.18. The monoisotopic (exact) mass is 321 g/mol. The lowest BCUT2D eigenvalue weighted by molar-refractivity contribution is -0.721. The lowest BCUT2D eigenvalue weighted by Crippen LogP contribution is -2.42. The Morgan fingerprint density at radius 3 is 2.43 bits per heavy atom. The van der Waals surface area contributed by atoms with E-state index in [4.69, 9.17) is 0 Å². The van der Waals surface area contributed by atoms with Crippen LogP contribution in [0, 0.1) is 4.91 Å². The topological polar surface area (TPSA) is 33.3 Å². The van der Waals surface area contributed by atoms with Gasteiger partial charge in [0, 0.05) is 22.6 Å². The van der Waals surface area contributed by atoms with Gasteiger partial charge in [-0.2, -0.15) is 4.57 Å². The molecule has 0 aliphatic carbocycles. The third-order valence-electron chi connectivity index (χ3n) is 1.86. The summed E-state index contributed by atoms with van der Waals surface area (Å²) in [5.41, 5.74) is 0. The first-order chi connectivity index (χ1) is 6.79. The maximum atomic E-state index is 10.7. The molecule has 1 heterocycles. The van der Waals surface area contributed by atoms with Crippen LogP contribution >= 0.6 is 31.9 Å². The minimum Gasteiger partial charge on any atom is -0.178 e. The Kier molecular flexibility index (Phi) is 5.25. The molecule has 76 valence electrons. The highest BCUT2D eigenvalue weighted by atomic mass is 79.9. The van der Waals surface area contributed by atoms with Gasteiger partial charge >= 0.3 is 6.17 Å². The molecule has 0 spiro atoms. The van der Waals surface area contributed by atoms with Crippen LogP contribution in [0.15, 0.2) is 35.8 Å². The summed E-state index contributed by atoms with van der Waals surface area (Å²) in [6.45, 7) is 0. The second-order valence-corrected chi connectivity index (χ2v) is 4.80. The molecular weight excluding hydrogens is 312 g/mol. The summed E-state index contributed by atoms with van der Waals surface area (Å²) in [5, 5.41) is 3.97. The minimum atomic E-state index is -0.381. The number of nitroso groups, excluding NO2 is 1. The van der Waals surface area contributed by atoms with Crippen molar-refractivity contribution in [2.24, 2.45) is 5.18 Å². The molecule has 1 aromatic rings. The lowest BCUT2D eigenvalue weighted by Gasteiger charge is -2.09. The Hall–Kier alpha value is -0.290. The summed E-state index contributed by atoms with van der Waals surface area (Å²) in [7, 11) is 0. The van der Waals surface area contributed by atoms with Crippen LogP contribution in [0.5, 0.6) is 0 Å². The molecule has 0 fully saturated rings. The van der Waals surface area contributed by atoms with Gasteiger partial charge in [0.15, 0.2) is 12.4 Å². The van der Waals surface area contributed by atoms with Crippen molar-refractivity contribution in [3.63, 3.8) is 0 Å². The molecule has 0 aromatic carbocycles. The number of aromatic nitrogens is 1. The van der Waals surface area contributed by atoms with Crippen molar-refractivity contribution in [3.05, 3.63) is 35.5 Å². The summed E-state index contributed by atoms with van der Waals surface area (Å²) in [5.74, 6) is 0. The Morgan fingerprint density at radius 2 is 1.93 bits per heavy atom. The first-order valence-electron chi connectivity index (χ1n) is 4.28. The predicted octanol–water partition coefficient (Wildman–Crippen LogP) is 2.79. The maximum Gasteiger partial charge on any atom is 0.300 e. The van der Waals surface area contributed by atoms with Gasteiger partial charge in [-0.05, 0) is 6.42 Å². The molecule has 0 N–H and O–H groups in total. The number of hydrogen-bond donors (Lipinski definition) is 0. The zero-order valence-electron chi connectivity index (χ0n) is 7.51. The lowest BCUT2D eigenvalue weighted by atomic mass is 10.2. The van der Waals surface area contributed by atoms with Crippen molar-refractivity contribution in [3.8, 4) is 0 Å². The first-order valence-corrected chi connectivity index (χ1v) is 6.31. The molecule has 0 saturated heterocycles. The smallest absolute Gasteiger partial charge is 0.178 e. The highest BCUT2D eigenvalue weighted by Gasteiger charge is 2.27. The second-order valence-electron chi connectivity index (χ2n) is 2.84. The standard InChI is InChI=1S/C9H11Br2N2O/c10-5-4-8(11)9(12-14)13-6-2-1-3-7-13/h1-3,6-9H,4-5H2/q+1. The van der Waals surface area contributed by atoms with E-state index in [1.54, 1.807) is 4.57 Å². The van der Waals surface area contributed by atoms with Crippen molar-refractivity contribution in [2.45, 2.75) is 17.4 Å². The Morgan fingerprint density at radius 1 is 1.29 bits per heavy atom. The molecule has 0 bridgehead atoms. The van der Waals surface area contributed by atoms with E-state index in [1.807, 2.05) is 30.6 Å². The molecule has 1 rings (SSSR count). The Balaban J connectivity index is 2.76. The summed E-state index contributed by atoms with van der Waals surface area (Å²) in [4.78, 5) is 10.8. The number of nitrogens with zero attached hydrogens (tertiary/aromatic N) is 2. The van der Waals surface area contributed by atoms with E-state index in [2.05, 4.69) is 37.0 Å². The van der Waals surface area contributed by atoms with E-state index in [9.17, 15) is 4.91 Å². The molecule has 2 atom stereocenters. The van der Waals surface area contributed by atoms with Crippen LogP contribution < -0.4 is 4.57 Å². The van der Waals surface area contributed by atoms with Gasteiger partial charge in [-0.1, -0.05) is 37.9 Å². The fourth-order valence-corrected chi connectivity index (χ4v) is 2.85. The van der Waals surface area contributed by atoms with E-state index < -0.39 is 0 Å². The van der Waals surface area contributed by atoms with E-state index in [0.29, 0.717) is 0 Å². The van der Waals surface area contributed by atoms with Crippen LogP contribution in [-0.2, 0) is 0 Å². The quantitative estimate of drug-likeness (QED) is 0.466. The fourth-order valence-electron chi connectivity index (χ4n) is 1.15. The SMILES string of the molecule is O=NC(C(Br)CCBr)[n+]1ccccc1. The molecule has 0 saturated carbocycles. The summed E-state index contributed by atoms with van der Waals surface area (Å²) >= 11 is 6.79. The van der Waals surface area contributed by atoms with Crippen LogP contribution in [0.25, 0.3) is 0 Å². The van der Waals surface area contributed by atoms with Gasteiger partial charge in [-0.3, -0.25) is 0 Å². The molecule has 14 heavy (non-hydrogen) atoms. The third kappa shape index (κ3) is 3.13. The van der Waals surface area contributed by atoms with E-state index >= 15 is 0 Å². The Labute approximate surface area is 99.8 Å². The number of pyridine rings is 1. The molecule has 0 aliphatic rings. The third-order valence-corrected chi connectivity index (χ3v) is 3.25. The normalized spacial score (nSPS) is 14.7. The number of halogens is 2. The predicted molar refractivity (Wildman–Crippen MR) is 62.6 cm³/mol. The molecule has 3 nitrogen and oxygen atoms in total. The van der Waals surface area contributed by atoms with Crippen LogP contribution in [-0.4, -0.2) is 10.2 Å². The van der Waals surface area contributed by atoms with Gasteiger partial charge in [0.1, 0.15) is 4.83 Å². The fraction of sp³-hybridized carbons (Fsp3) is 0.444. The van der Waals surface area contributed by atoms with Gasteiger partial charge in [0.25, 0.3) is 0 Å². The van der Waals surface area contributed by atoms with Crippen molar-refractivity contribution in [1.29, 1.82) is 0 Å². The molecule has 0 radical (unpaired) electrons. The maximum absolute atomic E-state index is 10.7. The largest absolute Gasteiger partial charge is 0.300 e. The zero-order chi connectivity index (χ0) is 10.4. The molecule has 5 heteroatoms. The average Bonchev–Trinajstić information content (AvgIpc) is 2.21. The van der Waals surface area contributed by atoms with Crippen LogP contribution in [0.4, 0.5) is 0 Å². The van der Waals surface area contributed by atoms with Gasteiger partial charge in [0.2, 0.25) is 0 Å². The van der Waals surface area contributed by atoms with E-state index in [1.165, 1.54) is 0 Å². The average molecular weight is 323 g/mol. The molecular formula is C9H11Br2N2O+. The van der Waals surface area contributed by atoms with Gasteiger partial charge in [-0.15, -0.1) is 4.91 Å². The van der Waals surface area contributed by atoms with Crippen LogP contribution in [0.2, 0.25) is 0 Å². The number of rotatable bonds is 5. The summed E-state index contributed by atoms with van der Waals surface area (Å²) < 4.78 is 1.80. The minimum absolute atomic E-state index is 0.0618. The first kappa shape index (κ1) is 11.8. The molecule has 1 aromatic heterocycles. The van der Waals surface area contributed by atoms with E-state index in [0.717, 1.165) is 11.8 Å². The molecule has 0 aliphatic heterocycles. The molecule has 2 unspecified atom stereocenters. The van der Waals surface area contributed by atoms with Crippen molar-refractivity contribution in [2.75, 3.05) is 5.33 Å². The highest BCUT2D eigenvalue weighted by molar-refractivity contribution is 9.10. The zero-order valence-corrected chi connectivity index (χ0v) is 10.7. The van der Waals surface area contributed by atoms with E-state index in [-0.39, 0.29) is 11.0 Å². The van der Waals surface area contributed by atoms with Gasteiger partial charge < -0.3 is 0 Å². The Bertz CT molecular complexity index is 281. The van der Waals surface area contributed by atoms with Crippen LogP contribution in [0.3, 0.4) is 0 Å². The second kappa shape index (κ2) is 6.24. The van der Waals surface area contributed by atoms with Crippen molar-refractivity contribution in [1.82, 2.24) is 0 Å². The summed E-state index contributed by atoms with van der Waals surface area (Å²) in [6, 6.07) is 5.67.